The van der Waals surface area contributed by atoms with Crippen LogP contribution in [0.2, 0.25) is 5.15 Å². The second-order valence-electron chi connectivity index (χ2n) is 4.14. The highest BCUT2D eigenvalue weighted by atomic mass is 35.5. The van der Waals surface area contributed by atoms with Gasteiger partial charge < -0.3 is 5.32 Å². The number of hydrogen-bond donors (Lipinski definition) is 1. The highest BCUT2D eigenvalue weighted by Crippen LogP contribution is 2.27. The van der Waals surface area contributed by atoms with Crippen molar-refractivity contribution >= 4 is 27.3 Å². The van der Waals surface area contributed by atoms with Crippen molar-refractivity contribution in [2.45, 2.75) is 19.8 Å². The number of aromatic nitrogens is 2. The Labute approximate surface area is 107 Å². The molecule has 0 aliphatic heterocycles. The molecule has 0 saturated carbocycles. The Bertz CT molecular complexity index is 488. The van der Waals surface area contributed by atoms with E-state index in [-0.39, 0.29) is 11.7 Å². The van der Waals surface area contributed by atoms with Crippen molar-refractivity contribution in [3.63, 3.8) is 0 Å². The number of nitrogens with zero attached hydrogens (tertiary/aromatic N) is 2. The largest absolute Gasteiger partial charge is 0.369 e. The van der Waals surface area contributed by atoms with E-state index < -0.39 is 9.84 Å². The predicted octanol–water partition coefficient (Wildman–Crippen LogP) is 1.71. The van der Waals surface area contributed by atoms with Crippen molar-refractivity contribution in [1.82, 2.24) is 9.97 Å². The molecule has 0 unspecified atom stereocenters. The maximum atomic E-state index is 11.0. The molecule has 5 nitrogen and oxygen atoms in total. The van der Waals surface area contributed by atoms with E-state index in [9.17, 15) is 8.42 Å². The van der Waals surface area contributed by atoms with Gasteiger partial charge in [-0.15, -0.1) is 0 Å². The van der Waals surface area contributed by atoms with Crippen LogP contribution in [-0.2, 0) is 9.84 Å². The molecule has 0 amide bonds. The summed E-state index contributed by atoms with van der Waals surface area (Å²) in [6, 6.07) is 0. The molecule has 0 aromatic carbocycles. The monoisotopic (exact) mass is 277 g/mol. The normalized spacial score (nSPS) is 11.8. The van der Waals surface area contributed by atoms with Crippen LogP contribution in [0.3, 0.4) is 0 Å². The molecule has 0 radical (unpaired) electrons. The summed E-state index contributed by atoms with van der Waals surface area (Å²) >= 11 is 5.98. The van der Waals surface area contributed by atoms with Gasteiger partial charge in [0.1, 0.15) is 27.1 Å². The van der Waals surface area contributed by atoms with Gasteiger partial charge in [0.05, 0.1) is 5.75 Å². The van der Waals surface area contributed by atoms with Gasteiger partial charge in [-0.05, 0) is 5.92 Å². The summed E-state index contributed by atoms with van der Waals surface area (Å²) < 4.78 is 22.0. The standard InChI is InChI=1S/C10H16ClN3O2S/c1-7(2)8-9(11)13-6-14-10(8)12-4-5-17(3,15)16/h6-7H,4-5H2,1-3H3,(H,12,13,14). The first kappa shape index (κ1) is 14.2. The molecular weight excluding hydrogens is 262 g/mol. The number of sulfone groups is 1. The molecule has 0 aliphatic rings. The van der Waals surface area contributed by atoms with E-state index in [1.807, 2.05) is 13.8 Å². The lowest BCUT2D eigenvalue weighted by molar-refractivity contribution is 0.602. The summed E-state index contributed by atoms with van der Waals surface area (Å²) in [5.74, 6) is 0.833. The van der Waals surface area contributed by atoms with Crippen LogP contribution in [0.1, 0.15) is 25.3 Å². The van der Waals surface area contributed by atoms with Gasteiger partial charge in [-0.3, -0.25) is 0 Å². The van der Waals surface area contributed by atoms with Crippen molar-refractivity contribution in [2.24, 2.45) is 0 Å². The Morgan fingerprint density at radius 1 is 1.41 bits per heavy atom. The Kier molecular flexibility index (Phi) is 4.70. The average Bonchev–Trinajstić information content (AvgIpc) is 2.14. The Morgan fingerprint density at radius 3 is 2.59 bits per heavy atom. The molecule has 96 valence electrons. The zero-order valence-corrected chi connectivity index (χ0v) is 11.6. The van der Waals surface area contributed by atoms with Gasteiger partial charge in [0.15, 0.2) is 0 Å². The molecule has 0 bridgehead atoms. The van der Waals surface area contributed by atoms with Gasteiger partial charge in [0.2, 0.25) is 0 Å². The molecule has 0 atom stereocenters. The van der Waals surface area contributed by atoms with E-state index in [4.69, 9.17) is 11.6 Å². The number of nitrogens with one attached hydrogen (secondary N) is 1. The fraction of sp³-hybridized carbons (Fsp3) is 0.600. The average molecular weight is 278 g/mol. The molecule has 0 fully saturated rings. The first-order chi connectivity index (χ1) is 7.81. The summed E-state index contributed by atoms with van der Waals surface area (Å²) in [4.78, 5) is 7.99. The van der Waals surface area contributed by atoms with Crippen molar-refractivity contribution in [1.29, 1.82) is 0 Å². The molecule has 1 heterocycles. The molecule has 7 heteroatoms. The minimum absolute atomic E-state index is 0.0617. The minimum atomic E-state index is -2.98. The molecule has 1 rings (SSSR count). The van der Waals surface area contributed by atoms with Crippen molar-refractivity contribution in [3.8, 4) is 0 Å². The van der Waals surface area contributed by atoms with Gasteiger partial charge in [0.25, 0.3) is 0 Å². The summed E-state index contributed by atoms with van der Waals surface area (Å²) in [6.45, 7) is 4.27. The van der Waals surface area contributed by atoms with E-state index in [0.717, 1.165) is 5.56 Å². The number of hydrogen-bond acceptors (Lipinski definition) is 5. The summed E-state index contributed by atoms with van der Waals surface area (Å²) in [6.07, 6.45) is 2.56. The fourth-order valence-corrected chi connectivity index (χ4v) is 2.21. The fourth-order valence-electron chi connectivity index (χ4n) is 1.38. The van der Waals surface area contributed by atoms with Crippen LogP contribution >= 0.6 is 11.6 Å². The van der Waals surface area contributed by atoms with Crippen LogP contribution in [0.15, 0.2) is 6.33 Å². The molecule has 1 N–H and O–H groups in total. The zero-order chi connectivity index (χ0) is 13.1. The minimum Gasteiger partial charge on any atom is -0.369 e. The van der Waals surface area contributed by atoms with Crippen molar-refractivity contribution in [2.75, 3.05) is 23.9 Å². The van der Waals surface area contributed by atoms with Crippen molar-refractivity contribution in [3.05, 3.63) is 17.0 Å². The SMILES string of the molecule is CC(C)c1c(Cl)ncnc1NCCS(C)(=O)=O. The summed E-state index contributed by atoms with van der Waals surface area (Å²) in [5, 5.41) is 3.38. The van der Waals surface area contributed by atoms with Crippen LogP contribution < -0.4 is 5.32 Å². The molecule has 0 aliphatic carbocycles. The summed E-state index contributed by atoms with van der Waals surface area (Å²) in [7, 11) is -2.98. The van der Waals surface area contributed by atoms with Crippen LogP contribution in [0.4, 0.5) is 5.82 Å². The predicted molar refractivity (Wildman–Crippen MR) is 69.3 cm³/mol. The molecule has 0 saturated heterocycles. The second kappa shape index (κ2) is 5.64. The number of anilines is 1. The van der Waals surface area contributed by atoms with E-state index in [0.29, 0.717) is 17.5 Å². The molecular formula is C10H16ClN3O2S. The van der Waals surface area contributed by atoms with Gasteiger partial charge >= 0.3 is 0 Å². The third kappa shape index (κ3) is 4.47. The van der Waals surface area contributed by atoms with Gasteiger partial charge in [-0.2, -0.15) is 0 Å². The van der Waals surface area contributed by atoms with Crippen LogP contribution in [0.5, 0.6) is 0 Å². The maximum absolute atomic E-state index is 11.0. The molecule has 1 aromatic rings. The van der Waals surface area contributed by atoms with Crippen LogP contribution in [0.25, 0.3) is 0 Å². The van der Waals surface area contributed by atoms with Crippen LogP contribution in [0, 0.1) is 0 Å². The van der Waals surface area contributed by atoms with E-state index in [1.54, 1.807) is 0 Å². The maximum Gasteiger partial charge on any atom is 0.149 e. The summed E-state index contributed by atoms with van der Waals surface area (Å²) in [5.41, 5.74) is 0.808. The second-order valence-corrected chi connectivity index (χ2v) is 6.76. The lowest BCUT2D eigenvalue weighted by Crippen LogP contribution is -2.16. The highest BCUT2D eigenvalue weighted by molar-refractivity contribution is 7.90. The zero-order valence-electron chi connectivity index (χ0n) is 10.1. The Balaban J connectivity index is 2.81. The van der Waals surface area contributed by atoms with E-state index in [2.05, 4.69) is 15.3 Å². The van der Waals surface area contributed by atoms with Crippen LogP contribution in [-0.4, -0.2) is 36.9 Å². The Hall–Kier alpha value is -0.880. The van der Waals surface area contributed by atoms with E-state index >= 15 is 0 Å². The van der Waals surface area contributed by atoms with Gasteiger partial charge in [0, 0.05) is 18.4 Å². The van der Waals surface area contributed by atoms with Gasteiger partial charge in [-0.1, -0.05) is 25.4 Å². The lowest BCUT2D eigenvalue weighted by Gasteiger charge is -2.13. The Morgan fingerprint density at radius 2 is 2.06 bits per heavy atom. The quantitative estimate of drug-likeness (QED) is 0.830. The first-order valence-electron chi connectivity index (χ1n) is 5.23. The van der Waals surface area contributed by atoms with E-state index in [1.165, 1.54) is 12.6 Å². The molecule has 17 heavy (non-hydrogen) atoms. The third-order valence-corrected chi connectivity index (χ3v) is 3.42. The third-order valence-electron chi connectivity index (χ3n) is 2.18. The lowest BCUT2D eigenvalue weighted by atomic mass is 10.1. The van der Waals surface area contributed by atoms with Crippen molar-refractivity contribution < 1.29 is 8.42 Å². The smallest absolute Gasteiger partial charge is 0.149 e. The number of halogens is 1. The molecule has 0 spiro atoms. The number of rotatable bonds is 5. The highest BCUT2D eigenvalue weighted by Gasteiger charge is 2.13. The topological polar surface area (TPSA) is 72.0 Å². The van der Waals surface area contributed by atoms with Gasteiger partial charge in [-0.25, -0.2) is 18.4 Å². The molecule has 1 aromatic heterocycles. The first-order valence-corrected chi connectivity index (χ1v) is 7.67.